The van der Waals surface area contributed by atoms with E-state index in [1.54, 1.807) is 0 Å². The van der Waals surface area contributed by atoms with Gasteiger partial charge in [-0.1, -0.05) is 26.8 Å². The summed E-state index contributed by atoms with van der Waals surface area (Å²) in [5, 5.41) is 6.01. The molecule has 1 aromatic rings. The molecule has 1 saturated carbocycles. The molecular formula is C16H27NS. The predicted octanol–water partition coefficient (Wildman–Crippen LogP) is 4.86. The Kier molecular flexibility index (Phi) is 5.25. The monoisotopic (exact) mass is 265 g/mol. The van der Waals surface area contributed by atoms with E-state index >= 15 is 0 Å². The van der Waals surface area contributed by atoms with Crippen LogP contribution in [0.25, 0.3) is 0 Å². The highest BCUT2D eigenvalue weighted by Gasteiger charge is 2.30. The fourth-order valence-electron chi connectivity index (χ4n) is 3.55. The summed E-state index contributed by atoms with van der Waals surface area (Å²) in [6.07, 6.45) is 5.42. The number of rotatable bonds is 5. The Bertz CT molecular complexity index is 323. The molecule has 1 aromatic heterocycles. The maximum absolute atomic E-state index is 3.79. The largest absolute Gasteiger partial charge is 0.309 e. The molecule has 0 saturated heterocycles. The van der Waals surface area contributed by atoms with Gasteiger partial charge in [0.2, 0.25) is 0 Å². The normalized spacial score (nSPS) is 30.3. The van der Waals surface area contributed by atoms with Gasteiger partial charge < -0.3 is 5.32 Å². The van der Waals surface area contributed by atoms with Crippen LogP contribution >= 0.6 is 11.3 Å². The highest BCUT2D eigenvalue weighted by molar-refractivity contribution is 7.10. The zero-order valence-corrected chi connectivity index (χ0v) is 12.8. The van der Waals surface area contributed by atoms with E-state index < -0.39 is 0 Å². The summed E-state index contributed by atoms with van der Waals surface area (Å²) in [6, 6.07) is 5.09. The van der Waals surface area contributed by atoms with Crippen LogP contribution < -0.4 is 5.32 Å². The van der Waals surface area contributed by atoms with Crippen LogP contribution in [0, 0.1) is 17.8 Å². The molecule has 1 N–H and O–H groups in total. The van der Waals surface area contributed by atoms with Crippen molar-refractivity contribution in [3.8, 4) is 0 Å². The first-order chi connectivity index (χ1) is 8.70. The molecule has 2 heteroatoms. The summed E-state index contributed by atoms with van der Waals surface area (Å²) < 4.78 is 0. The molecule has 102 valence electrons. The second kappa shape index (κ2) is 6.72. The van der Waals surface area contributed by atoms with E-state index in [2.05, 4.69) is 43.6 Å². The van der Waals surface area contributed by atoms with Crippen molar-refractivity contribution in [1.29, 1.82) is 0 Å². The first kappa shape index (κ1) is 14.1. The van der Waals surface area contributed by atoms with Gasteiger partial charge in [-0.2, -0.15) is 0 Å². The Morgan fingerprint density at radius 3 is 2.56 bits per heavy atom. The second-order valence-corrected chi connectivity index (χ2v) is 7.10. The van der Waals surface area contributed by atoms with Gasteiger partial charge in [0.25, 0.3) is 0 Å². The van der Waals surface area contributed by atoms with Crippen LogP contribution in [0.15, 0.2) is 17.5 Å². The maximum atomic E-state index is 3.79. The topological polar surface area (TPSA) is 12.0 Å². The third-order valence-electron chi connectivity index (χ3n) is 4.15. The minimum atomic E-state index is 0.593. The number of nitrogens with one attached hydrogen (secondary N) is 1. The summed E-state index contributed by atoms with van der Waals surface area (Å²) in [5.41, 5.74) is 0. The fraction of sp³-hybridized carbons (Fsp3) is 0.750. The van der Waals surface area contributed by atoms with Crippen LogP contribution in [0.3, 0.4) is 0 Å². The minimum absolute atomic E-state index is 0.593. The van der Waals surface area contributed by atoms with E-state index in [-0.39, 0.29) is 0 Å². The lowest BCUT2D eigenvalue weighted by Crippen LogP contribution is -2.33. The van der Waals surface area contributed by atoms with Crippen molar-refractivity contribution in [2.75, 3.05) is 6.54 Å². The fourth-order valence-corrected chi connectivity index (χ4v) is 4.44. The van der Waals surface area contributed by atoms with Gasteiger partial charge in [-0.15, -0.1) is 11.3 Å². The average molecular weight is 265 g/mol. The van der Waals surface area contributed by atoms with Gasteiger partial charge in [0.15, 0.2) is 0 Å². The van der Waals surface area contributed by atoms with E-state index in [0.717, 1.165) is 24.3 Å². The van der Waals surface area contributed by atoms with E-state index in [1.165, 1.54) is 30.6 Å². The molecule has 2 rings (SSSR count). The van der Waals surface area contributed by atoms with Gasteiger partial charge in [0, 0.05) is 10.9 Å². The van der Waals surface area contributed by atoms with Crippen molar-refractivity contribution >= 4 is 11.3 Å². The van der Waals surface area contributed by atoms with E-state index in [4.69, 9.17) is 0 Å². The molecule has 0 aliphatic heterocycles. The van der Waals surface area contributed by atoms with Crippen molar-refractivity contribution in [2.45, 2.75) is 52.5 Å². The number of hydrogen-bond donors (Lipinski definition) is 1. The summed E-state index contributed by atoms with van der Waals surface area (Å²) >= 11 is 1.92. The van der Waals surface area contributed by atoms with Crippen molar-refractivity contribution in [1.82, 2.24) is 5.32 Å². The SMILES string of the molecule is CCCNC(c1cccs1)C1CC(C)CC(C)C1. The van der Waals surface area contributed by atoms with Gasteiger partial charge in [-0.25, -0.2) is 0 Å². The summed E-state index contributed by atoms with van der Waals surface area (Å²) in [6.45, 7) is 8.24. The van der Waals surface area contributed by atoms with E-state index in [1.807, 2.05) is 11.3 Å². The Hall–Kier alpha value is -0.340. The molecule has 0 bridgehead atoms. The van der Waals surface area contributed by atoms with Crippen molar-refractivity contribution in [2.24, 2.45) is 17.8 Å². The summed E-state index contributed by atoms with van der Waals surface area (Å²) in [5.74, 6) is 2.61. The zero-order chi connectivity index (χ0) is 13.0. The Labute approximate surface area is 116 Å². The van der Waals surface area contributed by atoms with Gasteiger partial charge in [-0.05, 0) is 61.4 Å². The van der Waals surface area contributed by atoms with Crippen LogP contribution in [-0.2, 0) is 0 Å². The molecule has 1 nitrogen and oxygen atoms in total. The van der Waals surface area contributed by atoms with Crippen molar-refractivity contribution < 1.29 is 0 Å². The van der Waals surface area contributed by atoms with Crippen LogP contribution in [0.4, 0.5) is 0 Å². The lowest BCUT2D eigenvalue weighted by atomic mass is 9.73. The Balaban J connectivity index is 2.07. The maximum Gasteiger partial charge on any atom is 0.0443 e. The summed E-state index contributed by atoms with van der Waals surface area (Å²) in [7, 11) is 0. The average Bonchev–Trinajstić information content (AvgIpc) is 2.82. The third-order valence-corrected chi connectivity index (χ3v) is 5.11. The molecule has 0 spiro atoms. The van der Waals surface area contributed by atoms with Gasteiger partial charge in [0.05, 0.1) is 0 Å². The molecule has 1 aliphatic rings. The first-order valence-corrected chi connectivity index (χ1v) is 8.35. The Morgan fingerprint density at radius 2 is 2.00 bits per heavy atom. The standard InChI is InChI=1S/C16H27NS/c1-4-7-17-16(15-6-5-8-18-15)14-10-12(2)9-13(3)11-14/h5-6,8,12-14,16-17H,4,7,9-11H2,1-3H3. The smallest absolute Gasteiger partial charge is 0.0443 e. The van der Waals surface area contributed by atoms with E-state index in [9.17, 15) is 0 Å². The Morgan fingerprint density at radius 1 is 1.28 bits per heavy atom. The predicted molar refractivity (Wildman–Crippen MR) is 81.0 cm³/mol. The molecule has 3 unspecified atom stereocenters. The van der Waals surface area contributed by atoms with Crippen LogP contribution in [0.1, 0.15) is 57.4 Å². The molecule has 0 amide bonds. The zero-order valence-electron chi connectivity index (χ0n) is 12.0. The van der Waals surface area contributed by atoms with Crippen molar-refractivity contribution in [3.05, 3.63) is 22.4 Å². The van der Waals surface area contributed by atoms with Gasteiger partial charge >= 0.3 is 0 Å². The first-order valence-electron chi connectivity index (χ1n) is 7.47. The lowest BCUT2D eigenvalue weighted by molar-refractivity contribution is 0.178. The summed E-state index contributed by atoms with van der Waals surface area (Å²) in [4.78, 5) is 1.54. The van der Waals surface area contributed by atoms with Crippen molar-refractivity contribution in [3.63, 3.8) is 0 Å². The highest BCUT2D eigenvalue weighted by atomic mass is 32.1. The molecule has 0 radical (unpaired) electrons. The number of thiophene rings is 1. The third kappa shape index (κ3) is 3.58. The lowest BCUT2D eigenvalue weighted by Gasteiger charge is -2.36. The van der Waals surface area contributed by atoms with Gasteiger partial charge in [0.1, 0.15) is 0 Å². The van der Waals surface area contributed by atoms with Crippen LogP contribution in [0.5, 0.6) is 0 Å². The highest BCUT2D eigenvalue weighted by Crippen LogP contribution is 2.40. The number of hydrogen-bond acceptors (Lipinski definition) is 2. The molecule has 1 aliphatic carbocycles. The quantitative estimate of drug-likeness (QED) is 0.801. The molecule has 18 heavy (non-hydrogen) atoms. The van der Waals surface area contributed by atoms with Gasteiger partial charge in [-0.3, -0.25) is 0 Å². The molecule has 3 atom stereocenters. The van der Waals surface area contributed by atoms with E-state index in [0.29, 0.717) is 6.04 Å². The van der Waals surface area contributed by atoms with Crippen LogP contribution in [0.2, 0.25) is 0 Å². The molecule has 1 heterocycles. The minimum Gasteiger partial charge on any atom is -0.309 e. The second-order valence-electron chi connectivity index (χ2n) is 6.12. The molecule has 1 fully saturated rings. The molecule has 0 aromatic carbocycles. The molecular weight excluding hydrogens is 238 g/mol. The van der Waals surface area contributed by atoms with Crippen LogP contribution in [-0.4, -0.2) is 6.54 Å².